The molecule has 4 rings (SSSR count). The van der Waals surface area contributed by atoms with Gasteiger partial charge in [-0.25, -0.2) is 4.99 Å². The smallest absolute Gasteiger partial charge is 0.251 e. The lowest BCUT2D eigenvalue weighted by atomic mass is 9.95. The zero-order valence-electron chi connectivity index (χ0n) is 19.5. The molecule has 0 spiro atoms. The second-order valence-electron chi connectivity index (χ2n) is 8.33. The average molecular weight is 552 g/mol. The minimum Gasteiger partial charge on any atom is -0.372 e. The molecular formula is C27H27BrN4O2S. The first kappa shape index (κ1) is 25.0. The highest BCUT2D eigenvalue weighted by atomic mass is 79.9. The molecule has 0 radical (unpaired) electrons. The molecule has 35 heavy (non-hydrogen) atoms. The van der Waals surface area contributed by atoms with Gasteiger partial charge in [-0.1, -0.05) is 52.3 Å². The molecule has 0 fully saturated rings. The summed E-state index contributed by atoms with van der Waals surface area (Å²) >= 11 is 8.79. The number of hydrogen-bond donors (Lipinski definition) is 1. The number of halogens is 1. The monoisotopic (exact) mass is 550 g/mol. The van der Waals surface area contributed by atoms with Crippen LogP contribution in [0.2, 0.25) is 0 Å². The van der Waals surface area contributed by atoms with Crippen molar-refractivity contribution in [1.29, 1.82) is 0 Å². The summed E-state index contributed by atoms with van der Waals surface area (Å²) in [7, 11) is 0. The quantitative estimate of drug-likeness (QED) is 0.357. The third kappa shape index (κ3) is 6.13. The van der Waals surface area contributed by atoms with E-state index in [1.54, 1.807) is 12.1 Å². The van der Waals surface area contributed by atoms with Crippen LogP contribution in [0.15, 0.2) is 82.3 Å². The molecule has 1 atom stereocenters. The van der Waals surface area contributed by atoms with Crippen molar-refractivity contribution in [3.63, 3.8) is 0 Å². The second kappa shape index (κ2) is 11.6. The molecule has 0 saturated heterocycles. The van der Waals surface area contributed by atoms with Crippen molar-refractivity contribution < 1.29 is 9.59 Å². The molecule has 1 aliphatic heterocycles. The van der Waals surface area contributed by atoms with E-state index in [0.717, 1.165) is 29.6 Å². The summed E-state index contributed by atoms with van der Waals surface area (Å²) in [6, 6.07) is 17.5. The minimum atomic E-state index is -0.434. The van der Waals surface area contributed by atoms with Crippen LogP contribution in [-0.4, -0.2) is 47.2 Å². The van der Waals surface area contributed by atoms with Crippen molar-refractivity contribution in [1.82, 2.24) is 10.2 Å². The molecule has 1 N–H and O–H groups in total. The Labute approximate surface area is 219 Å². The fourth-order valence-corrected chi connectivity index (χ4v) is 4.73. The normalized spacial score (nSPS) is 17.0. The van der Waals surface area contributed by atoms with Gasteiger partial charge in [-0.15, -0.1) is 0 Å². The molecule has 1 heterocycles. The summed E-state index contributed by atoms with van der Waals surface area (Å²) < 4.78 is 0.848. The van der Waals surface area contributed by atoms with E-state index in [-0.39, 0.29) is 16.9 Å². The lowest BCUT2D eigenvalue weighted by Crippen LogP contribution is -2.45. The van der Waals surface area contributed by atoms with Gasteiger partial charge in [0.2, 0.25) is 11.0 Å². The number of carbonyl (C=O) groups is 2. The molecule has 8 heteroatoms. The topological polar surface area (TPSA) is 65.0 Å². The van der Waals surface area contributed by atoms with Crippen LogP contribution >= 0.6 is 28.1 Å². The van der Waals surface area contributed by atoms with E-state index in [2.05, 4.69) is 50.2 Å². The fraction of sp³-hybridized carbons (Fsp3) is 0.259. The number of thiocarbonyl (C=S) groups is 1. The number of benzene rings is 2. The number of allylic oxidation sites excluding steroid dienone is 3. The van der Waals surface area contributed by atoms with E-state index in [0.29, 0.717) is 24.4 Å². The van der Waals surface area contributed by atoms with Crippen molar-refractivity contribution in [2.24, 2.45) is 10.9 Å². The first-order chi connectivity index (χ1) is 17.0. The van der Waals surface area contributed by atoms with Gasteiger partial charge in [0.15, 0.2) is 0 Å². The summed E-state index contributed by atoms with van der Waals surface area (Å²) in [5.41, 5.74) is 3.32. The van der Waals surface area contributed by atoms with Crippen LogP contribution in [0.5, 0.6) is 0 Å². The molecule has 6 nitrogen and oxygen atoms in total. The largest absolute Gasteiger partial charge is 0.372 e. The molecule has 0 aromatic heterocycles. The van der Waals surface area contributed by atoms with Gasteiger partial charge in [0.05, 0.1) is 12.3 Å². The molecule has 2 amide bonds. The van der Waals surface area contributed by atoms with Gasteiger partial charge in [0.1, 0.15) is 5.92 Å². The highest BCUT2D eigenvalue weighted by Crippen LogP contribution is 2.26. The molecular weight excluding hydrogens is 524 g/mol. The van der Waals surface area contributed by atoms with Gasteiger partial charge in [-0.3, -0.25) is 14.5 Å². The van der Waals surface area contributed by atoms with Crippen molar-refractivity contribution in [3.05, 3.63) is 88.4 Å². The maximum Gasteiger partial charge on any atom is 0.251 e. The predicted octanol–water partition coefficient (Wildman–Crippen LogP) is 4.87. The van der Waals surface area contributed by atoms with Crippen LogP contribution in [0, 0.1) is 5.92 Å². The van der Waals surface area contributed by atoms with Gasteiger partial charge in [-0.2, -0.15) is 0 Å². The number of nitrogens with one attached hydrogen (secondary N) is 1. The van der Waals surface area contributed by atoms with E-state index >= 15 is 0 Å². The summed E-state index contributed by atoms with van der Waals surface area (Å²) in [6.45, 7) is 4.83. The zero-order chi connectivity index (χ0) is 24.8. The number of anilines is 1. The molecule has 0 bridgehead atoms. The number of nitrogens with zero attached hydrogens (tertiary/aromatic N) is 3. The van der Waals surface area contributed by atoms with E-state index < -0.39 is 5.92 Å². The van der Waals surface area contributed by atoms with E-state index in [1.165, 1.54) is 10.6 Å². The summed E-state index contributed by atoms with van der Waals surface area (Å²) in [6.07, 6.45) is 6.35. The number of fused-ring (bicyclic) bond motifs is 1. The second-order valence-corrected chi connectivity index (χ2v) is 9.61. The lowest BCUT2D eigenvalue weighted by Gasteiger charge is -2.30. The Hall–Kier alpha value is -3.10. The van der Waals surface area contributed by atoms with Crippen LogP contribution in [-0.2, 0) is 11.3 Å². The van der Waals surface area contributed by atoms with Crippen molar-refractivity contribution in [3.8, 4) is 0 Å². The van der Waals surface area contributed by atoms with Crippen LogP contribution in [0.1, 0.15) is 29.3 Å². The van der Waals surface area contributed by atoms with E-state index in [1.807, 2.05) is 48.6 Å². The maximum atomic E-state index is 13.0. The predicted molar refractivity (Wildman–Crippen MR) is 148 cm³/mol. The Balaban J connectivity index is 1.29. The number of rotatable bonds is 9. The Kier molecular flexibility index (Phi) is 8.25. The van der Waals surface area contributed by atoms with Gasteiger partial charge >= 0.3 is 0 Å². The Morgan fingerprint density at radius 2 is 1.89 bits per heavy atom. The Morgan fingerprint density at radius 1 is 1.14 bits per heavy atom. The average Bonchev–Trinajstić information content (AvgIpc) is 2.88. The van der Waals surface area contributed by atoms with Gasteiger partial charge < -0.3 is 10.2 Å². The van der Waals surface area contributed by atoms with E-state index in [4.69, 9.17) is 12.2 Å². The first-order valence-corrected chi connectivity index (χ1v) is 12.8. The molecule has 2 aromatic rings. The summed E-state index contributed by atoms with van der Waals surface area (Å²) in [4.78, 5) is 33.8. The van der Waals surface area contributed by atoms with Gasteiger partial charge in [0.25, 0.3) is 5.91 Å². The molecule has 2 aliphatic rings. The van der Waals surface area contributed by atoms with Crippen molar-refractivity contribution >= 4 is 56.5 Å². The lowest BCUT2D eigenvalue weighted by molar-refractivity contribution is -0.128. The first-order valence-electron chi connectivity index (χ1n) is 11.6. The van der Waals surface area contributed by atoms with Crippen molar-refractivity contribution in [2.75, 3.05) is 24.5 Å². The Bertz CT molecular complexity index is 1190. The molecule has 2 aromatic carbocycles. The highest BCUT2D eigenvalue weighted by molar-refractivity contribution is 9.11. The number of amides is 2. The number of hydrogen-bond acceptors (Lipinski definition) is 4. The Morgan fingerprint density at radius 3 is 2.60 bits per heavy atom. The zero-order valence-corrected chi connectivity index (χ0v) is 21.9. The minimum absolute atomic E-state index is 0.0975. The van der Waals surface area contributed by atoms with Crippen molar-refractivity contribution in [2.45, 2.75) is 19.9 Å². The molecule has 1 aliphatic carbocycles. The standard InChI is InChI=1S/C27H27BrN4O2S/c1-2-31(22-7-4-3-5-8-22)16-6-15-29-25(33)20-11-9-19(10-12-20)18-32-26(34)23-17-21(28)13-14-24(23)30-27(32)35/h3-5,7-14,17,23H,2,6,15-16,18H2,1H3,(H,29,33). The van der Waals surface area contributed by atoms with Crippen LogP contribution in [0.3, 0.4) is 0 Å². The molecule has 1 unspecified atom stereocenters. The summed E-state index contributed by atoms with van der Waals surface area (Å²) in [5.74, 6) is -0.640. The highest BCUT2D eigenvalue weighted by Gasteiger charge is 2.34. The number of aliphatic imine (C=N–C) groups is 1. The van der Waals surface area contributed by atoms with Crippen LogP contribution in [0.4, 0.5) is 5.69 Å². The van der Waals surface area contributed by atoms with Crippen LogP contribution in [0.25, 0.3) is 0 Å². The number of carbonyl (C=O) groups excluding carboxylic acids is 2. The molecule has 180 valence electrons. The third-order valence-electron chi connectivity index (χ3n) is 6.00. The van der Waals surface area contributed by atoms with Crippen LogP contribution < -0.4 is 10.2 Å². The van der Waals surface area contributed by atoms with Gasteiger partial charge in [0, 0.05) is 35.4 Å². The van der Waals surface area contributed by atoms with Gasteiger partial charge in [-0.05, 0) is 67.5 Å². The maximum absolute atomic E-state index is 13.0. The molecule has 0 saturated carbocycles. The SMILES string of the molecule is CCN(CCCNC(=O)c1ccc(CN2C(=O)C3C=C(Br)C=CC3=NC2=S)cc1)c1ccccc1. The number of para-hydroxylation sites is 1. The van der Waals surface area contributed by atoms with E-state index in [9.17, 15) is 9.59 Å². The fourth-order valence-electron chi connectivity index (χ4n) is 4.08. The summed E-state index contributed by atoms with van der Waals surface area (Å²) in [5, 5.41) is 3.25. The third-order valence-corrected chi connectivity index (χ3v) is 6.84.